The van der Waals surface area contributed by atoms with Crippen LogP contribution in [0.2, 0.25) is 0 Å². The van der Waals surface area contributed by atoms with E-state index in [-0.39, 0.29) is 25.2 Å². The van der Waals surface area contributed by atoms with Crippen molar-refractivity contribution in [1.29, 1.82) is 0 Å². The fourth-order valence-electron chi connectivity index (χ4n) is 3.12. The monoisotopic (exact) mass is 439 g/mol. The Morgan fingerprint density at radius 3 is 2.47 bits per heavy atom. The quantitative estimate of drug-likeness (QED) is 0.480. The molecule has 1 heterocycles. The van der Waals surface area contributed by atoms with Gasteiger partial charge in [0, 0.05) is 18.4 Å². The maximum Gasteiger partial charge on any atom is 0.307 e. The number of aryl methyl sites for hydroxylation is 1. The van der Waals surface area contributed by atoms with Crippen LogP contribution >= 0.6 is 0 Å². The van der Waals surface area contributed by atoms with Crippen LogP contribution in [0.3, 0.4) is 0 Å². The van der Waals surface area contributed by atoms with Crippen LogP contribution in [0.15, 0.2) is 53.1 Å². The molecule has 0 saturated carbocycles. The van der Waals surface area contributed by atoms with E-state index >= 15 is 0 Å². The Bertz CT molecular complexity index is 1050. The van der Waals surface area contributed by atoms with Gasteiger partial charge in [0.15, 0.2) is 11.5 Å². The van der Waals surface area contributed by atoms with Crippen molar-refractivity contribution in [2.24, 2.45) is 0 Å². The van der Waals surface area contributed by atoms with Crippen LogP contribution in [0, 0.1) is 0 Å². The second kappa shape index (κ2) is 10.9. The summed E-state index contributed by atoms with van der Waals surface area (Å²) in [5.41, 5.74) is 1.52. The highest BCUT2D eigenvalue weighted by atomic mass is 16.5. The van der Waals surface area contributed by atoms with Gasteiger partial charge in [-0.1, -0.05) is 35.5 Å². The summed E-state index contributed by atoms with van der Waals surface area (Å²) in [5, 5.41) is 6.85. The lowest BCUT2D eigenvalue weighted by atomic mass is 10.0. The number of nitrogens with one attached hydrogen (secondary N) is 1. The third kappa shape index (κ3) is 5.84. The zero-order valence-electron chi connectivity index (χ0n) is 18.2. The number of carbonyl (C=O) groups excluding carboxylic acids is 2. The second-order valence-electron chi connectivity index (χ2n) is 6.89. The number of ether oxygens (including phenoxy) is 3. The number of hydrogen-bond donors (Lipinski definition) is 1. The average Bonchev–Trinajstić information content (AvgIpc) is 3.31. The third-order valence-corrected chi connectivity index (χ3v) is 4.81. The molecule has 0 bridgehead atoms. The summed E-state index contributed by atoms with van der Waals surface area (Å²) in [5.74, 6) is 1.21. The van der Waals surface area contributed by atoms with Crippen molar-refractivity contribution in [1.82, 2.24) is 15.5 Å². The van der Waals surface area contributed by atoms with E-state index in [4.69, 9.17) is 18.7 Å². The molecule has 0 saturated heterocycles. The van der Waals surface area contributed by atoms with E-state index < -0.39 is 12.0 Å². The van der Waals surface area contributed by atoms with Gasteiger partial charge >= 0.3 is 5.97 Å². The number of carbonyl (C=O) groups is 2. The number of benzene rings is 2. The summed E-state index contributed by atoms with van der Waals surface area (Å²) < 4.78 is 20.6. The molecule has 0 aliphatic rings. The molecule has 0 fully saturated rings. The van der Waals surface area contributed by atoms with E-state index in [0.717, 1.165) is 5.56 Å². The van der Waals surface area contributed by atoms with Crippen LogP contribution in [-0.4, -0.2) is 43.3 Å². The summed E-state index contributed by atoms with van der Waals surface area (Å²) in [7, 11) is 4.42. The van der Waals surface area contributed by atoms with Crippen molar-refractivity contribution in [3.63, 3.8) is 0 Å². The van der Waals surface area contributed by atoms with Gasteiger partial charge in [0.2, 0.25) is 17.6 Å². The Morgan fingerprint density at radius 2 is 1.78 bits per heavy atom. The molecule has 9 nitrogen and oxygen atoms in total. The molecule has 0 aliphatic heterocycles. The van der Waals surface area contributed by atoms with Gasteiger partial charge in [-0.05, 0) is 23.8 Å². The Kier molecular flexibility index (Phi) is 7.80. The lowest BCUT2D eigenvalue weighted by molar-refractivity contribution is -0.141. The minimum absolute atomic E-state index is 0.0380. The van der Waals surface area contributed by atoms with Crippen molar-refractivity contribution in [2.75, 3.05) is 21.3 Å². The average molecular weight is 439 g/mol. The number of aromatic nitrogens is 2. The minimum Gasteiger partial charge on any atom is -0.493 e. The largest absolute Gasteiger partial charge is 0.493 e. The van der Waals surface area contributed by atoms with Gasteiger partial charge in [0.05, 0.1) is 33.8 Å². The van der Waals surface area contributed by atoms with Crippen molar-refractivity contribution in [2.45, 2.75) is 25.3 Å². The number of amides is 1. The van der Waals surface area contributed by atoms with Crippen LogP contribution in [0.4, 0.5) is 0 Å². The van der Waals surface area contributed by atoms with Crippen molar-refractivity contribution in [3.05, 3.63) is 60.0 Å². The number of hydrogen-bond acceptors (Lipinski definition) is 8. The van der Waals surface area contributed by atoms with E-state index in [1.165, 1.54) is 7.11 Å². The molecule has 168 valence electrons. The van der Waals surface area contributed by atoms with Gasteiger partial charge in [0.25, 0.3) is 0 Å². The lowest BCUT2D eigenvalue weighted by Crippen LogP contribution is -2.30. The van der Waals surface area contributed by atoms with Crippen LogP contribution in [-0.2, 0) is 20.7 Å². The first-order valence-corrected chi connectivity index (χ1v) is 10.00. The van der Waals surface area contributed by atoms with Crippen LogP contribution < -0.4 is 14.8 Å². The second-order valence-corrected chi connectivity index (χ2v) is 6.89. The molecule has 9 heteroatoms. The number of methoxy groups -OCH3 is 3. The molecular weight excluding hydrogens is 414 g/mol. The number of nitrogens with zero attached hydrogens (tertiary/aromatic N) is 2. The highest BCUT2D eigenvalue weighted by molar-refractivity contribution is 5.78. The summed E-state index contributed by atoms with van der Waals surface area (Å²) in [6.07, 6.45) is 0.417. The minimum atomic E-state index is -0.485. The van der Waals surface area contributed by atoms with Crippen LogP contribution in [0.25, 0.3) is 11.4 Å². The molecule has 0 aliphatic carbocycles. The first-order chi connectivity index (χ1) is 15.5. The molecule has 1 amide bonds. The maximum atomic E-state index is 12.5. The summed E-state index contributed by atoms with van der Waals surface area (Å²) in [6, 6.07) is 14.1. The molecule has 1 unspecified atom stereocenters. The Hall–Kier alpha value is -3.88. The van der Waals surface area contributed by atoms with E-state index in [0.29, 0.717) is 28.8 Å². The zero-order valence-corrected chi connectivity index (χ0v) is 18.2. The highest BCUT2D eigenvalue weighted by Crippen LogP contribution is 2.31. The van der Waals surface area contributed by atoms with Gasteiger partial charge in [-0.15, -0.1) is 0 Å². The topological polar surface area (TPSA) is 113 Å². The molecule has 0 radical (unpaired) electrons. The van der Waals surface area contributed by atoms with Crippen molar-refractivity contribution in [3.8, 4) is 22.9 Å². The molecule has 1 atom stereocenters. The van der Waals surface area contributed by atoms with Gasteiger partial charge in [-0.3, -0.25) is 9.59 Å². The van der Waals surface area contributed by atoms with E-state index in [1.807, 2.05) is 30.3 Å². The Labute approximate surface area is 185 Å². The van der Waals surface area contributed by atoms with E-state index in [1.54, 1.807) is 32.4 Å². The lowest BCUT2D eigenvalue weighted by Gasteiger charge is -2.18. The molecular formula is C23H25N3O6. The standard InChI is InChI=1S/C23H25N3O6/c1-29-18-10-9-16(13-19(18)30-2)23-25-21(32-26-23)12-11-20(27)24-17(14-22(28)31-3)15-7-5-4-6-8-15/h4-10,13,17H,11-12,14H2,1-3H3,(H,24,27). The van der Waals surface area contributed by atoms with Gasteiger partial charge in [0.1, 0.15) is 0 Å². The smallest absolute Gasteiger partial charge is 0.307 e. The molecule has 1 aromatic heterocycles. The van der Waals surface area contributed by atoms with Gasteiger partial charge < -0.3 is 24.1 Å². The molecule has 2 aromatic carbocycles. The third-order valence-electron chi connectivity index (χ3n) is 4.81. The van der Waals surface area contributed by atoms with Crippen molar-refractivity contribution < 1.29 is 28.3 Å². The zero-order chi connectivity index (χ0) is 22.9. The normalized spacial score (nSPS) is 11.5. The predicted octanol–water partition coefficient (Wildman–Crippen LogP) is 3.11. The SMILES string of the molecule is COC(=O)CC(NC(=O)CCc1nc(-c2ccc(OC)c(OC)c2)no1)c1ccccc1. The molecule has 3 aromatic rings. The fraction of sp³-hybridized carbons (Fsp3) is 0.304. The molecule has 1 N–H and O–H groups in total. The highest BCUT2D eigenvalue weighted by Gasteiger charge is 2.19. The predicted molar refractivity (Wildman–Crippen MR) is 115 cm³/mol. The molecule has 32 heavy (non-hydrogen) atoms. The first kappa shape index (κ1) is 22.8. The van der Waals surface area contributed by atoms with Crippen LogP contribution in [0.5, 0.6) is 11.5 Å². The first-order valence-electron chi connectivity index (χ1n) is 10.00. The Morgan fingerprint density at radius 1 is 1.03 bits per heavy atom. The van der Waals surface area contributed by atoms with Crippen molar-refractivity contribution >= 4 is 11.9 Å². The number of esters is 1. The Balaban J connectivity index is 1.62. The molecule has 3 rings (SSSR count). The summed E-state index contributed by atoms with van der Waals surface area (Å²) in [6.45, 7) is 0. The van der Waals surface area contributed by atoms with Gasteiger partial charge in [-0.25, -0.2) is 0 Å². The van der Waals surface area contributed by atoms with E-state index in [2.05, 4.69) is 15.5 Å². The van der Waals surface area contributed by atoms with Gasteiger partial charge in [-0.2, -0.15) is 4.98 Å². The fourth-order valence-corrected chi connectivity index (χ4v) is 3.12. The maximum absolute atomic E-state index is 12.5. The van der Waals surface area contributed by atoms with E-state index in [9.17, 15) is 9.59 Å². The molecule has 0 spiro atoms. The summed E-state index contributed by atoms with van der Waals surface area (Å²) >= 11 is 0. The van der Waals surface area contributed by atoms with Crippen LogP contribution in [0.1, 0.15) is 30.3 Å². The number of rotatable bonds is 10. The summed E-state index contributed by atoms with van der Waals surface area (Å²) in [4.78, 5) is 28.6.